The molecule has 0 heterocycles. The Morgan fingerprint density at radius 2 is 2.11 bits per heavy atom. The molecule has 19 heavy (non-hydrogen) atoms. The third kappa shape index (κ3) is 3.12. The number of aliphatic imine (C=N–C) groups is 1. The van der Waals surface area contributed by atoms with Gasteiger partial charge in [0.05, 0.1) is 36.6 Å². The number of hydrogen-bond donors (Lipinski definition) is 0. The van der Waals surface area contributed by atoms with Gasteiger partial charge in [0.15, 0.2) is 12.0 Å². The Balaban J connectivity index is 3.51. The second-order valence-electron chi connectivity index (χ2n) is 3.20. The van der Waals surface area contributed by atoms with Gasteiger partial charge in [0, 0.05) is 12.1 Å². The van der Waals surface area contributed by atoms with Crippen molar-refractivity contribution < 1.29 is 24.0 Å². The highest BCUT2D eigenvalue weighted by Gasteiger charge is 2.22. The molecule has 0 aliphatic rings. The zero-order valence-corrected chi connectivity index (χ0v) is 10.2. The molecular formula is C11H10N2O6. The number of rotatable bonds is 5. The van der Waals surface area contributed by atoms with Crippen molar-refractivity contribution in [3.8, 4) is 5.75 Å². The van der Waals surface area contributed by atoms with Crippen molar-refractivity contribution in [2.45, 2.75) is 0 Å². The van der Waals surface area contributed by atoms with Gasteiger partial charge in [-0.05, 0) is 0 Å². The zero-order valence-electron chi connectivity index (χ0n) is 10.2. The van der Waals surface area contributed by atoms with Crippen LogP contribution in [0.3, 0.4) is 0 Å². The van der Waals surface area contributed by atoms with Crippen molar-refractivity contribution in [3.05, 3.63) is 27.8 Å². The van der Waals surface area contributed by atoms with E-state index in [0.29, 0.717) is 6.29 Å². The number of esters is 1. The Morgan fingerprint density at radius 3 is 2.58 bits per heavy atom. The van der Waals surface area contributed by atoms with Gasteiger partial charge in [-0.2, -0.15) is 0 Å². The predicted octanol–water partition coefficient (Wildman–Crippen LogP) is 1.29. The number of hydrogen-bond acceptors (Lipinski definition) is 7. The van der Waals surface area contributed by atoms with Gasteiger partial charge in [0.2, 0.25) is 0 Å². The minimum absolute atomic E-state index is 0.0388. The molecule has 8 heteroatoms. The quantitative estimate of drug-likeness (QED) is 0.261. The molecule has 1 rings (SSSR count). The normalized spacial score (nSPS) is 10.2. The van der Waals surface area contributed by atoms with Gasteiger partial charge in [-0.1, -0.05) is 0 Å². The first-order valence-electron chi connectivity index (χ1n) is 4.97. The van der Waals surface area contributed by atoms with Gasteiger partial charge >= 0.3 is 11.7 Å². The number of carbonyl (C=O) groups excluding carboxylic acids is 2. The van der Waals surface area contributed by atoms with Gasteiger partial charge in [0.1, 0.15) is 0 Å². The average Bonchev–Trinajstić information content (AvgIpc) is 2.43. The number of carbonyl (C=O) groups is 2. The number of methoxy groups -OCH3 is 2. The lowest BCUT2D eigenvalue weighted by molar-refractivity contribution is -0.385. The SMILES string of the molecule is COC(=O)c1cc(OC)c([N+](=O)[O-])cc1N=CC=O. The van der Waals surface area contributed by atoms with E-state index in [1.54, 1.807) is 0 Å². The highest BCUT2D eigenvalue weighted by Crippen LogP contribution is 2.34. The van der Waals surface area contributed by atoms with E-state index in [0.717, 1.165) is 25.5 Å². The first kappa shape index (κ1) is 14.3. The highest BCUT2D eigenvalue weighted by atomic mass is 16.6. The molecule has 0 aromatic heterocycles. The number of benzene rings is 1. The van der Waals surface area contributed by atoms with E-state index in [4.69, 9.17) is 4.74 Å². The predicted molar refractivity (Wildman–Crippen MR) is 65.2 cm³/mol. The molecule has 0 amide bonds. The Labute approximate surface area is 107 Å². The van der Waals surface area contributed by atoms with Crippen LogP contribution in [-0.4, -0.2) is 37.6 Å². The maximum Gasteiger partial charge on any atom is 0.340 e. The molecule has 0 saturated heterocycles. The van der Waals surface area contributed by atoms with Crippen LogP contribution < -0.4 is 4.74 Å². The van der Waals surface area contributed by atoms with Crippen LogP contribution in [-0.2, 0) is 9.53 Å². The highest BCUT2D eigenvalue weighted by molar-refractivity contribution is 6.14. The number of nitro groups is 1. The molecule has 0 fully saturated rings. The fourth-order valence-electron chi connectivity index (χ4n) is 1.35. The molecule has 1 aromatic rings. The molecule has 0 bridgehead atoms. The second-order valence-corrected chi connectivity index (χ2v) is 3.20. The largest absolute Gasteiger partial charge is 0.490 e. The summed E-state index contributed by atoms with van der Waals surface area (Å²) in [7, 11) is 2.39. The Morgan fingerprint density at radius 1 is 1.42 bits per heavy atom. The Bertz CT molecular complexity index is 552. The summed E-state index contributed by atoms with van der Waals surface area (Å²) in [5, 5.41) is 10.8. The van der Waals surface area contributed by atoms with E-state index in [1.807, 2.05) is 0 Å². The van der Waals surface area contributed by atoms with Crippen LogP contribution in [0, 0.1) is 10.1 Å². The number of nitro benzene ring substituents is 1. The van der Waals surface area contributed by atoms with Crippen molar-refractivity contribution in [1.29, 1.82) is 0 Å². The fourth-order valence-corrected chi connectivity index (χ4v) is 1.35. The first-order valence-corrected chi connectivity index (χ1v) is 4.97. The molecule has 0 unspecified atom stereocenters. The van der Waals surface area contributed by atoms with Crippen LogP contribution in [0.4, 0.5) is 11.4 Å². The standard InChI is InChI=1S/C11H10N2O6/c1-18-10-5-7(11(15)19-2)8(12-3-4-14)6-9(10)13(16)17/h3-6H,1-2H3. The van der Waals surface area contributed by atoms with Gasteiger partial charge < -0.3 is 9.47 Å². The lowest BCUT2D eigenvalue weighted by Crippen LogP contribution is -2.04. The lowest BCUT2D eigenvalue weighted by atomic mass is 10.1. The summed E-state index contributed by atoms with van der Waals surface area (Å²) in [6.07, 6.45) is 1.26. The van der Waals surface area contributed by atoms with Crippen LogP contribution in [0.25, 0.3) is 0 Å². The number of aldehydes is 1. The van der Waals surface area contributed by atoms with Gasteiger partial charge in [-0.3, -0.25) is 19.9 Å². The first-order chi connectivity index (χ1) is 9.04. The smallest absolute Gasteiger partial charge is 0.340 e. The summed E-state index contributed by atoms with van der Waals surface area (Å²) >= 11 is 0. The molecular weight excluding hydrogens is 256 g/mol. The summed E-state index contributed by atoms with van der Waals surface area (Å²) in [5.41, 5.74) is -0.456. The maximum atomic E-state index is 11.5. The molecule has 1 aromatic carbocycles. The van der Waals surface area contributed by atoms with Gasteiger partial charge in [-0.25, -0.2) is 4.79 Å². The third-order valence-electron chi connectivity index (χ3n) is 2.17. The second kappa shape index (κ2) is 6.24. The molecule has 0 radical (unpaired) electrons. The summed E-state index contributed by atoms with van der Waals surface area (Å²) in [6.45, 7) is 0. The van der Waals surface area contributed by atoms with Crippen LogP contribution in [0.2, 0.25) is 0 Å². The van der Waals surface area contributed by atoms with Crippen LogP contribution in [0.15, 0.2) is 17.1 Å². The van der Waals surface area contributed by atoms with E-state index >= 15 is 0 Å². The van der Waals surface area contributed by atoms with Crippen molar-refractivity contribution >= 4 is 29.8 Å². The van der Waals surface area contributed by atoms with E-state index in [-0.39, 0.29) is 22.7 Å². The van der Waals surface area contributed by atoms with Crippen molar-refractivity contribution in [3.63, 3.8) is 0 Å². The van der Waals surface area contributed by atoms with Crippen LogP contribution in [0.1, 0.15) is 10.4 Å². The van der Waals surface area contributed by atoms with E-state index in [2.05, 4.69) is 9.73 Å². The Kier molecular flexibility index (Phi) is 4.69. The van der Waals surface area contributed by atoms with Gasteiger partial charge in [0.25, 0.3) is 0 Å². The molecule has 0 aliphatic carbocycles. The van der Waals surface area contributed by atoms with Crippen molar-refractivity contribution in [2.24, 2.45) is 4.99 Å². The van der Waals surface area contributed by atoms with E-state index < -0.39 is 10.9 Å². The van der Waals surface area contributed by atoms with Crippen LogP contribution in [0.5, 0.6) is 5.75 Å². The fraction of sp³-hybridized carbons (Fsp3) is 0.182. The number of ether oxygens (including phenoxy) is 2. The van der Waals surface area contributed by atoms with Crippen molar-refractivity contribution in [1.82, 2.24) is 0 Å². The third-order valence-corrected chi connectivity index (χ3v) is 2.17. The average molecular weight is 266 g/mol. The van der Waals surface area contributed by atoms with Crippen molar-refractivity contribution in [2.75, 3.05) is 14.2 Å². The zero-order chi connectivity index (χ0) is 14.4. The minimum atomic E-state index is -0.744. The topological polar surface area (TPSA) is 108 Å². The number of nitrogens with zero attached hydrogens (tertiary/aromatic N) is 2. The van der Waals surface area contributed by atoms with Gasteiger partial charge in [-0.15, -0.1) is 0 Å². The summed E-state index contributed by atoms with van der Waals surface area (Å²) in [4.78, 5) is 35.6. The maximum absolute atomic E-state index is 11.5. The Hall–Kier alpha value is -2.77. The van der Waals surface area contributed by atoms with Crippen LogP contribution >= 0.6 is 0 Å². The lowest BCUT2D eigenvalue weighted by Gasteiger charge is -2.07. The molecule has 0 spiro atoms. The summed E-state index contributed by atoms with van der Waals surface area (Å²) in [5.74, 6) is -0.846. The summed E-state index contributed by atoms with van der Waals surface area (Å²) in [6, 6.07) is 2.17. The van der Waals surface area contributed by atoms with E-state index in [1.165, 1.54) is 7.11 Å². The van der Waals surface area contributed by atoms with E-state index in [9.17, 15) is 19.7 Å². The summed E-state index contributed by atoms with van der Waals surface area (Å²) < 4.78 is 9.36. The molecule has 0 aliphatic heterocycles. The molecule has 100 valence electrons. The minimum Gasteiger partial charge on any atom is -0.490 e. The monoisotopic (exact) mass is 266 g/mol. The molecule has 8 nitrogen and oxygen atoms in total. The molecule has 0 N–H and O–H groups in total. The molecule has 0 atom stereocenters. The molecule has 0 saturated carbocycles.